The third-order valence-corrected chi connectivity index (χ3v) is 4.24. The van der Waals surface area contributed by atoms with Crippen LogP contribution in [0.4, 0.5) is 0 Å². The molecule has 0 radical (unpaired) electrons. The van der Waals surface area contributed by atoms with Crippen LogP contribution < -0.4 is 9.47 Å². The minimum absolute atomic E-state index is 0.139. The average molecular weight is 349 g/mol. The fourth-order valence-corrected chi connectivity index (χ4v) is 2.87. The lowest BCUT2D eigenvalue weighted by atomic mass is 10.1. The van der Waals surface area contributed by atoms with Crippen molar-refractivity contribution in [2.24, 2.45) is 0 Å². The van der Waals surface area contributed by atoms with Gasteiger partial charge in [0.2, 0.25) is 0 Å². The molecule has 0 saturated carbocycles. The largest absolute Gasteiger partial charge is 0.496 e. The van der Waals surface area contributed by atoms with Gasteiger partial charge in [0.1, 0.15) is 11.5 Å². The molecule has 0 aliphatic rings. The molecule has 0 bridgehead atoms. The highest BCUT2D eigenvalue weighted by molar-refractivity contribution is 7.98. The predicted molar refractivity (Wildman–Crippen MR) is 96.1 cm³/mol. The summed E-state index contributed by atoms with van der Waals surface area (Å²) in [4.78, 5) is 13.4. The summed E-state index contributed by atoms with van der Waals surface area (Å²) in [5.41, 5.74) is 1.36. The van der Waals surface area contributed by atoms with Crippen LogP contribution in [0.1, 0.15) is 15.9 Å². The van der Waals surface area contributed by atoms with Crippen LogP contribution in [-0.4, -0.2) is 26.3 Å². The lowest BCUT2D eigenvalue weighted by Gasteiger charge is -2.12. The van der Waals surface area contributed by atoms with Gasteiger partial charge in [0.15, 0.2) is 5.78 Å². The van der Waals surface area contributed by atoms with E-state index < -0.39 is 0 Å². The zero-order valence-corrected chi connectivity index (χ0v) is 14.7. The van der Waals surface area contributed by atoms with Crippen LogP contribution in [0.15, 0.2) is 47.4 Å². The summed E-state index contributed by atoms with van der Waals surface area (Å²) in [7, 11) is 3.13. The summed E-state index contributed by atoms with van der Waals surface area (Å²) in [6.07, 6.45) is 5.18. The van der Waals surface area contributed by atoms with Gasteiger partial charge in [-0.2, -0.15) is 0 Å². The van der Waals surface area contributed by atoms with E-state index in [0.29, 0.717) is 22.1 Å². The number of methoxy groups -OCH3 is 2. The topological polar surface area (TPSA) is 35.5 Å². The molecule has 23 heavy (non-hydrogen) atoms. The van der Waals surface area contributed by atoms with Crippen LogP contribution in [-0.2, 0) is 0 Å². The SMILES string of the molecule is COc1cc(OC)c(C(=O)/C=C/c2cccc(Cl)c2)cc1SC. The number of carbonyl (C=O) groups excluding carboxylic acids is 1. The van der Waals surface area contributed by atoms with E-state index >= 15 is 0 Å². The Morgan fingerprint density at radius 2 is 1.87 bits per heavy atom. The van der Waals surface area contributed by atoms with Gasteiger partial charge in [-0.05, 0) is 36.1 Å². The maximum absolute atomic E-state index is 12.5. The molecule has 0 heterocycles. The highest BCUT2D eigenvalue weighted by Gasteiger charge is 2.15. The van der Waals surface area contributed by atoms with E-state index in [1.54, 1.807) is 37.5 Å². The van der Waals surface area contributed by atoms with Crippen LogP contribution in [0, 0.1) is 0 Å². The first-order valence-electron chi connectivity index (χ1n) is 6.87. The predicted octanol–water partition coefficient (Wildman–Crippen LogP) is 4.98. The van der Waals surface area contributed by atoms with Crippen LogP contribution in [0.25, 0.3) is 6.08 Å². The van der Waals surface area contributed by atoms with E-state index in [4.69, 9.17) is 21.1 Å². The number of hydrogen-bond acceptors (Lipinski definition) is 4. The average Bonchev–Trinajstić information content (AvgIpc) is 2.58. The third-order valence-electron chi connectivity index (χ3n) is 3.25. The Kier molecular flexibility index (Phi) is 6.13. The number of rotatable bonds is 6. The van der Waals surface area contributed by atoms with Gasteiger partial charge in [-0.3, -0.25) is 4.79 Å². The van der Waals surface area contributed by atoms with Crippen molar-refractivity contribution in [2.45, 2.75) is 4.90 Å². The van der Waals surface area contributed by atoms with Gasteiger partial charge in [-0.1, -0.05) is 29.8 Å². The second kappa shape index (κ2) is 8.09. The number of ether oxygens (including phenoxy) is 2. The summed E-state index contributed by atoms with van der Waals surface area (Å²) in [5.74, 6) is 1.03. The second-order valence-corrected chi connectivity index (χ2v) is 5.94. The first-order chi connectivity index (χ1) is 11.1. The monoisotopic (exact) mass is 348 g/mol. The van der Waals surface area contributed by atoms with Crippen molar-refractivity contribution in [1.82, 2.24) is 0 Å². The second-order valence-electron chi connectivity index (χ2n) is 4.66. The molecule has 2 aromatic carbocycles. The number of hydrogen-bond donors (Lipinski definition) is 0. The van der Waals surface area contributed by atoms with Crippen molar-refractivity contribution < 1.29 is 14.3 Å². The lowest BCUT2D eigenvalue weighted by molar-refractivity contribution is 0.104. The van der Waals surface area contributed by atoms with Gasteiger partial charge in [-0.25, -0.2) is 0 Å². The Morgan fingerprint density at radius 1 is 1.13 bits per heavy atom. The fraction of sp³-hybridized carbons (Fsp3) is 0.167. The molecular formula is C18H17ClO3S. The molecule has 0 N–H and O–H groups in total. The van der Waals surface area contributed by atoms with Crippen LogP contribution in [0.2, 0.25) is 5.02 Å². The molecule has 0 spiro atoms. The van der Waals surface area contributed by atoms with Gasteiger partial charge in [0.05, 0.1) is 24.7 Å². The lowest BCUT2D eigenvalue weighted by Crippen LogP contribution is -2.01. The molecule has 5 heteroatoms. The van der Waals surface area contributed by atoms with E-state index in [1.807, 2.05) is 18.4 Å². The third kappa shape index (κ3) is 4.30. The molecule has 0 amide bonds. The van der Waals surface area contributed by atoms with E-state index in [2.05, 4.69) is 0 Å². The van der Waals surface area contributed by atoms with Gasteiger partial charge >= 0.3 is 0 Å². The van der Waals surface area contributed by atoms with Crippen molar-refractivity contribution in [2.75, 3.05) is 20.5 Å². The summed E-state index contributed by atoms with van der Waals surface area (Å²) in [6.45, 7) is 0. The Balaban J connectivity index is 2.34. The molecule has 2 aromatic rings. The minimum Gasteiger partial charge on any atom is -0.496 e. The Hall–Kier alpha value is -1.91. The van der Waals surface area contributed by atoms with Gasteiger partial charge < -0.3 is 9.47 Å². The van der Waals surface area contributed by atoms with Gasteiger partial charge in [0, 0.05) is 11.1 Å². The van der Waals surface area contributed by atoms with Crippen molar-refractivity contribution >= 4 is 35.2 Å². The molecule has 0 unspecified atom stereocenters. The van der Waals surface area contributed by atoms with Gasteiger partial charge in [-0.15, -0.1) is 11.8 Å². The molecule has 0 saturated heterocycles. The zero-order valence-electron chi connectivity index (χ0n) is 13.1. The molecule has 120 valence electrons. The molecule has 0 aliphatic heterocycles. The Bertz CT molecular complexity index is 741. The number of benzene rings is 2. The zero-order chi connectivity index (χ0) is 16.8. The minimum atomic E-state index is -0.139. The quantitative estimate of drug-likeness (QED) is 0.419. The number of thioether (sulfide) groups is 1. The van der Waals surface area contributed by atoms with Crippen LogP contribution >= 0.6 is 23.4 Å². The fourth-order valence-electron chi connectivity index (χ4n) is 2.09. The maximum Gasteiger partial charge on any atom is 0.189 e. The van der Waals surface area contributed by atoms with Crippen molar-refractivity contribution in [1.29, 1.82) is 0 Å². The van der Waals surface area contributed by atoms with Crippen molar-refractivity contribution in [3.05, 3.63) is 58.6 Å². The first-order valence-corrected chi connectivity index (χ1v) is 8.47. The number of carbonyl (C=O) groups is 1. The Labute approximate surface area is 145 Å². The van der Waals surface area contributed by atoms with E-state index in [0.717, 1.165) is 10.5 Å². The first kappa shape index (κ1) is 17.4. The standard InChI is InChI=1S/C18H17ClO3S/c1-21-16-11-17(22-2)18(23-3)10-14(16)15(20)8-7-12-5-4-6-13(19)9-12/h4-11H,1-3H3/b8-7+. The van der Waals surface area contributed by atoms with Crippen LogP contribution in [0.5, 0.6) is 11.5 Å². The molecule has 3 nitrogen and oxygen atoms in total. The summed E-state index contributed by atoms with van der Waals surface area (Å²) in [6, 6.07) is 10.8. The summed E-state index contributed by atoms with van der Waals surface area (Å²) in [5, 5.41) is 0.631. The number of ketones is 1. The smallest absolute Gasteiger partial charge is 0.189 e. The molecule has 0 atom stereocenters. The molecule has 0 fully saturated rings. The Morgan fingerprint density at radius 3 is 2.48 bits per heavy atom. The molecule has 2 rings (SSSR count). The van der Waals surface area contributed by atoms with Crippen molar-refractivity contribution in [3.8, 4) is 11.5 Å². The highest BCUT2D eigenvalue weighted by atomic mass is 35.5. The van der Waals surface area contributed by atoms with Crippen LogP contribution in [0.3, 0.4) is 0 Å². The van der Waals surface area contributed by atoms with Gasteiger partial charge in [0.25, 0.3) is 0 Å². The normalized spacial score (nSPS) is 10.8. The number of allylic oxidation sites excluding steroid dienone is 1. The van der Waals surface area contributed by atoms with E-state index in [1.165, 1.54) is 24.9 Å². The highest BCUT2D eigenvalue weighted by Crippen LogP contribution is 2.34. The molecule has 0 aliphatic carbocycles. The molecule has 0 aromatic heterocycles. The number of halogens is 1. The molecular weight excluding hydrogens is 332 g/mol. The van der Waals surface area contributed by atoms with E-state index in [9.17, 15) is 4.79 Å². The van der Waals surface area contributed by atoms with Crippen molar-refractivity contribution in [3.63, 3.8) is 0 Å². The summed E-state index contributed by atoms with van der Waals surface area (Å²) < 4.78 is 10.6. The van der Waals surface area contributed by atoms with E-state index in [-0.39, 0.29) is 5.78 Å². The maximum atomic E-state index is 12.5. The summed E-state index contributed by atoms with van der Waals surface area (Å²) >= 11 is 7.46.